The minimum Gasteiger partial charge on any atom is -0.497 e. The second-order valence-electron chi connectivity index (χ2n) is 8.58. The van der Waals surface area contributed by atoms with E-state index in [-0.39, 0.29) is 5.91 Å². The van der Waals surface area contributed by atoms with E-state index in [1.165, 1.54) is 43.5 Å². The number of rotatable bonds is 5. The van der Waals surface area contributed by atoms with E-state index in [9.17, 15) is 4.79 Å². The molecule has 0 aromatic heterocycles. The van der Waals surface area contributed by atoms with Crippen LogP contribution in [0.2, 0.25) is 0 Å². The van der Waals surface area contributed by atoms with E-state index < -0.39 is 0 Å². The molecule has 2 fully saturated rings. The van der Waals surface area contributed by atoms with Gasteiger partial charge in [-0.05, 0) is 68.6 Å². The van der Waals surface area contributed by atoms with E-state index in [4.69, 9.17) is 4.74 Å². The molecule has 2 aromatic rings. The molecule has 2 aliphatic rings. The van der Waals surface area contributed by atoms with Crippen LogP contribution >= 0.6 is 0 Å². The van der Waals surface area contributed by atoms with Crippen LogP contribution < -0.4 is 4.74 Å². The minimum atomic E-state index is 0.152. The lowest BCUT2D eigenvalue weighted by Gasteiger charge is -2.31. The van der Waals surface area contributed by atoms with Gasteiger partial charge in [0, 0.05) is 31.1 Å². The highest BCUT2D eigenvalue weighted by Crippen LogP contribution is 2.36. The Morgan fingerprint density at radius 3 is 2.52 bits per heavy atom. The van der Waals surface area contributed by atoms with E-state index in [0.717, 1.165) is 30.9 Å². The first-order chi connectivity index (χ1) is 14.1. The Morgan fingerprint density at radius 1 is 1.03 bits per heavy atom. The van der Waals surface area contributed by atoms with E-state index in [1.54, 1.807) is 7.11 Å². The number of ether oxygens (including phenoxy) is 1. The Morgan fingerprint density at radius 2 is 1.79 bits per heavy atom. The molecule has 4 heteroatoms. The standard InChI is InChI=1S/C25H32N2O2/c1-19-9-11-20(12-10-19)25(28)27-17-22(16-26-13-4-3-5-14-26)24(18-27)21-7-6-8-23(15-21)29-2/h6-12,15,22,24H,3-5,13-14,16-18H2,1-2H3/t22-,24-/m1/s1. The maximum absolute atomic E-state index is 13.2. The predicted octanol–water partition coefficient (Wildman–Crippen LogP) is 4.35. The van der Waals surface area contributed by atoms with E-state index >= 15 is 0 Å². The Balaban J connectivity index is 1.55. The Labute approximate surface area is 174 Å². The van der Waals surface area contributed by atoms with Crippen molar-refractivity contribution in [3.05, 3.63) is 65.2 Å². The summed E-state index contributed by atoms with van der Waals surface area (Å²) in [6, 6.07) is 16.3. The van der Waals surface area contributed by atoms with Gasteiger partial charge in [0.05, 0.1) is 7.11 Å². The molecule has 2 aromatic carbocycles. The van der Waals surface area contributed by atoms with Crippen molar-refractivity contribution in [2.45, 2.75) is 32.1 Å². The molecule has 0 aliphatic carbocycles. The molecular formula is C25H32N2O2. The fourth-order valence-corrected chi connectivity index (χ4v) is 4.82. The number of hydrogen-bond donors (Lipinski definition) is 0. The van der Waals surface area contributed by atoms with Crippen molar-refractivity contribution in [2.75, 3.05) is 39.8 Å². The number of hydrogen-bond acceptors (Lipinski definition) is 3. The summed E-state index contributed by atoms with van der Waals surface area (Å²) in [4.78, 5) is 17.8. The molecule has 1 amide bonds. The third-order valence-electron chi connectivity index (χ3n) is 6.49. The largest absolute Gasteiger partial charge is 0.497 e. The van der Waals surface area contributed by atoms with Gasteiger partial charge in [0.1, 0.15) is 5.75 Å². The van der Waals surface area contributed by atoms with Gasteiger partial charge in [0.15, 0.2) is 0 Å². The first-order valence-corrected chi connectivity index (χ1v) is 10.9. The monoisotopic (exact) mass is 392 g/mol. The average Bonchev–Trinajstić information content (AvgIpc) is 3.18. The lowest BCUT2D eigenvalue weighted by Crippen LogP contribution is -2.36. The Kier molecular flexibility index (Phi) is 6.19. The molecule has 2 atom stereocenters. The lowest BCUT2D eigenvalue weighted by molar-refractivity contribution is 0.0782. The Hall–Kier alpha value is -2.33. The molecule has 2 saturated heterocycles. The SMILES string of the molecule is COc1cccc([C@H]2CN(C(=O)c3ccc(C)cc3)C[C@H]2CN2CCCCC2)c1. The number of aryl methyl sites for hydroxylation is 1. The summed E-state index contributed by atoms with van der Waals surface area (Å²) in [5, 5.41) is 0. The van der Waals surface area contributed by atoms with Crippen LogP contribution in [0.1, 0.15) is 46.7 Å². The van der Waals surface area contributed by atoms with Gasteiger partial charge in [-0.15, -0.1) is 0 Å². The van der Waals surface area contributed by atoms with Gasteiger partial charge in [-0.25, -0.2) is 0 Å². The molecule has 0 N–H and O–H groups in total. The molecule has 154 valence electrons. The molecule has 29 heavy (non-hydrogen) atoms. The number of nitrogens with zero attached hydrogens (tertiary/aromatic N) is 2. The lowest BCUT2D eigenvalue weighted by atomic mass is 9.88. The van der Waals surface area contributed by atoms with Gasteiger partial charge in [0.25, 0.3) is 5.91 Å². The minimum absolute atomic E-state index is 0.152. The number of likely N-dealkylation sites (tertiary alicyclic amines) is 2. The molecule has 0 saturated carbocycles. The zero-order valence-corrected chi connectivity index (χ0v) is 17.6. The molecule has 4 rings (SSSR count). The van der Waals surface area contributed by atoms with Crippen LogP contribution in [0.5, 0.6) is 5.75 Å². The number of carbonyl (C=O) groups excluding carboxylic acids is 1. The zero-order chi connectivity index (χ0) is 20.2. The summed E-state index contributed by atoms with van der Waals surface area (Å²) in [6.45, 7) is 7.10. The van der Waals surface area contributed by atoms with Crippen LogP contribution in [0, 0.1) is 12.8 Å². The molecule has 0 spiro atoms. The topological polar surface area (TPSA) is 32.8 Å². The number of methoxy groups -OCH3 is 1. The summed E-state index contributed by atoms with van der Waals surface area (Å²) >= 11 is 0. The van der Waals surface area contributed by atoms with Gasteiger partial charge >= 0.3 is 0 Å². The summed E-state index contributed by atoms with van der Waals surface area (Å²) in [7, 11) is 1.71. The van der Waals surface area contributed by atoms with E-state index in [0.29, 0.717) is 11.8 Å². The van der Waals surface area contributed by atoms with Crippen molar-refractivity contribution < 1.29 is 9.53 Å². The molecule has 4 nitrogen and oxygen atoms in total. The van der Waals surface area contributed by atoms with Crippen molar-refractivity contribution in [1.82, 2.24) is 9.80 Å². The number of piperidine rings is 1. The fraction of sp³-hybridized carbons (Fsp3) is 0.480. The zero-order valence-electron chi connectivity index (χ0n) is 17.6. The molecule has 0 unspecified atom stereocenters. The van der Waals surface area contributed by atoms with Crippen LogP contribution in [0.4, 0.5) is 0 Å². The number of benzene rings is 2. The fourth-order valence-electron chi connectivity index (χ4n) is 4.82. The van der Waals surface area contributed by atoms with E-state index in [2.05, 4.69) is 34.9 Å². The van der Waals surface area contributed by atoms with Gasteiger partial charge in [-0.2, -0.15) is 0 Å². The summed E-state index contributed by atoms with van der Waals surface area (Å²) in [5.74, 6) is 1.85. The maximum atomic E-state index is 13.2. The highest BCUT2D eigenvalue weighted by Gasteiger charge is 2.37. The number of amides is 1. The summed E-state index contributed by atoms with van der Waals surface area (Å²) < 4.78 is 5.46. The van der Waals surface area contributed by atoms with Crippen LogP contribution in [0.15, 0.2) is 48.5 Å². The van der Waals surface area contributed by atoms with E-state index in [1.807, 2.05) is 30.3 Å². The van der Waals surface area contributed by atoms with Crippen LogP contribution in [0.25, 0.3) is 0 Å². The number of carbonyl (C=O) groups is 1. The summed E-state index contributed by atoms with van der Waals surface area (Å²) in [5.41, 5.74) is 3.25. The van der Waals surface area contributed by atoms with Gasteiger partial charge in [0.2, 0.25) is 0 Å². The van der Waals surface area contributed by atoms with Crippen LogP contribution in [-0.2, 0) is 0 Å². The molecule has 0 radical (unpaired) electrons. The predicted molar refractivity (Wildman–Crippen MR) is 117 cm³/mol. The van der Waals surface area contributed by atoms with Crippen molar-refractivity contribution in [2.24, 2.45) is 5.92 Å². The normalized spacial score (nSPS) is 22.6. The second-order valence-corrected chi connectivity index (χ2v) is 8.58. The smallest absolute Gasteiger partial charge is 0.253 e. The van der Waals surface area contributed by atoms with Crippen molar-refractivity contribution in [3.63, 3.8) is 0 Å². The molecular weight excluding hydrogens is 360 g/mol. The van der Waals surface area contributed by atoms with Crippen molar-refractivity contribution in [3.8, 4) is 5.75 Å². The first-order valence-electron chi connectivity index (χ1n) is 10.9. The van der Waals surface area contributed by atoms with Crippen LogP contribution in [-0.4, -0.2) is 55.5 Å². The highest BCUT2D eigenvalue weighted by atomic mass is 16.5. The molecule has 0 bridgehead atoms. The van der Waals surface area contributed by atoms with Gasteiger partial charge < -0.3 is 14.5 Å². The van der Waals surface area contributed by atoms with Gasteiger partial charge in [-0.3, -0.25) is 4.79 Å². The summed E-state index contributed by atoms with van der Waals surface area (Å²) in [6.07, 6.45) is 3.93. The molecule has 2 heterocycles. The van der Waals surface area contributed by atoms with Crippen LogP contribution in [0.3, 0.4) is 0 Å². The Bertz CT molecular complexity index is 827. The van der Waals surface area contributed by atoms with Crippen molar-refractivity contribution in [1.29, 1.82) is 0 Å². The second kappa shape index (κ2) is 9.00. The van der Waals surface area contributed by atoms with Crippen molar-refractivity contribution >= 4 is 5.91 Å². The first kappa shape index (κ1) is 20.0. The highest BCUT2D eigenvalue weighted by molar-refractivity contribution is 5.94. The third-order valence-corrected chi connectivity index (χ3v) is 6.49. The quantitative estimate of drug-likeness (QED) is 0.759. The third kappa shape index (κ3) is 4.64. The molecule has 2 aliphatic heterocycles. The maximum Gasteiger partial charge on any atom is 0.253 e. The average molecular weight is 393 g/mol. The van der Waals surface area contributed by atoms with Gasteiger partial charge in [-0.1, -0.05) is 36.2 Å².